The average molecular weight is 553 g/mol. The molecule has 0 bridgehead atoms. The van der Waals surface area contributed by atoms with Gasteiger partial charge in [-0.1, -0.05) is 71.7 Å². The van der Waals surface area contributed by atoms with E-state index in [2.05, 4.69) is 28.2 Å². The molecular formula is C29H33BrN2O4. The predicted molar refractivity (Wildman–Crippen MR) is 145 cm³/mol. The van der Waals surface area contributed by atoms with Gasteiger partial charge in [-0.3, -0.25) is 9.59 Å². The maximum absolute atomic E-state index is 13.6. The van der Waals surface area contributed by atoms with Crippen molar-refractivity contribution in [2.45, 2.75) is 38.8 Å². The van der Waals surface area contributed by atoms with Crippen molar-refractivity contribution in [1.82, 2.24) is 10.2 Å². The highest BCUT2D eigenvalue weighted by Crippen LogP contribution is 2.20. The normalized spacial score (nSPS) is 11.4. The number of nitrogens with one attached hydrogen (secondary N) is 1. The second kappa shape index (κ2) is 14.3. The molecule has 1 atom stereocenters. The van der Waals surface area contributed by atoms with E-state index in [1.54, 1.807) is 36.3 Å². The molecule has 6 nitrogen and oxygen atoms in total. The standard InChI is InChI=1S/C29H33BrN2O4/c1-3-4-17-31-29(34)27(19-22-9-6-5-7-10-22)32(20-23-11-8-12-24(30)18-23)28(33)21-36-26-15-13-25(35-2)14-16-26/h5-16,18,27H,3-4,17,19-21H2,1-2H3,(H,31,34). The minimum Gasteiger partial charge on any atom is -0.497 e. The Balaban J connectivity index is 1.86. The van der Waals surface area contributed by atoms with Crippen LogP contribution in [0.1, 0.15) is 30.9 Å². The number of halogens is 1. The smallest absolute Gasteiger partial charge is 0.261 e. The minimum atomic E-state index is -0.685. The Labute approximate surface area is 221 Å². The van der Waals surface area contributed by atoms with Gasteiger partial charge in [0.2, 0.25) is 5.91 Å². The third-order valence-corrected chi connectivity index (χ3v) is 6.26. The molecule has 0 aliphatic heterocycles. The van der Waals surface area contributed by atoms with Crippen molar-refractivity contribution in [1.29, 1.82) is 0 Å². The van der Waals surface area contributed by atoms with Crippen LogP contribution in [0.15, 0.2) is 83.3 Å². The molecule has 1 unspecified atom stereocenters. The molecule has 0 aliphatic rings. The molecule has 1 N–H and O–H groups in total. The molecular weight excluding hydrogens is 520 g/mol. The molecule has 0 radical (unpaired) electrons. The van der Waals surface area contributed by atoms with E-state index in [4.69, 9.17) is 9.47 Å². The third kappa shape index (κ3) is 8.41. The van der Waals surface area contributed by atoms with E-state index in [0.717, 1.165) is 28.4 Å². The monoisotopic (exact) mass is 552 g/mol. The summed E-state index contributed by atoms with van der Waals surface area (Å²) in [6.07, 6.45) is 2.26. The number of methoxy groups -OCH3 is 1. The first-order valence-electron chi connectivity index (χ1n) is 12.1. The van der Waals surface area contributed by atoms with Crippen LogP contribution in [0, 0.1) is 0 Å². The zero-order chi connectivity index (χ0) is 25.8. The molecule has 7 heteroatoms. The Bertz CT molecular complexity index is 1110. The number of ether oxygens (including phenoxy) is 2. The topological polar surface area (TPSA) is 67.9 Å². The van der Waals surface area contributed by atoms with Gasteiger partial charge in [-0.25, -0.2) is 0 Å². The maximum Gasteiger partial charge on any atom is 0.261 e. The summed E-state index contributed by atoms with van der Waals surface area (Å²) in [4.78, 5) is 28.6. The molecule has 0 spiro atoms. The van der Waals surface area contributed by atoms with Crippen LogP contribution in [0.3, 0.4) is 0 Å². The van der Waals surface area contributed by atoms with Crippen LogP contribution in [0.25, 0.3) is 0 Å². The number of unbranched alkanes of at least 4 members (excludes halogenated alkanes) is 1. The number of nitrogens with zero attached hydrogens (tertiary/aromatic N) is 1. The van der Waals surface area contributed by atoms with Crippen molar-refractivity contribution >= 4 is 27.7 Å². The van der Waals surface area contributed by atoms with Crippen molar-refractivity contribution in [3.8, 4) is 11.5 Å². The number of hydrogen-bond donors (Lipinski definition) is 1. The van der Waals surface area contributed by atoms with Crippen LogP contribution < -0.4 is 14.8 Å². The lowest BCUT2D eigenvalue weighted by Gasteiger charge is -2.31. The molecule has 2 amide bonds. The van der Waals surface area contributed by atoms with Crippen molar-refractivity contribution in [2.24, 2.45) is 0 Å². The summed E-state index contributed by atoms with van der Waals surface area (Å²) >= 11 is 3.51. The van der Waals surface area contributed by atoms with Crippen molar-refractivity contribution in [3.63, 3.8) is 0 Å². The highest BCUT2D eigenvalue weighted by atomic mass is 79.9. The molecule has 0 aliphatic carbocycles. The van der Waals surface area contributed by atoms with Gasteiger partial charge in [-0.05, 0) is 53.9 Å². The lowest BCUT2D eigenvalue weighted by atomic mass is 10.0. The van der Waals surface area contributed by atoms with E-state index in [9.17, 15) is 9.59 Å². The van der Waals surface area contributed by atoms with Gasteiger partial charge in [0, 0.05) is 24.0 Å². The largest absolute Gasteiger partial charge is 0.497 e. The number of carbonyl (C=O) groups is 2. The molecule has 3 aromatic rings. The van der Waals surface area contributed by atoms with Gasteiger partial charge < -0.3 is 19.7 Å². The number of hydrogen-bond acceptors (Lipinski definition) is 4. The van der Waals surface area contributed by atoms with Crippen LogP contribution in [-0.4, -0.2) is 43.0 Å². The van der Waals surface area contributed by atoms with E-state index in [1.165, 1.54) is 0 Å². The first kappa shape index (κ1) is 27.3. The highest BCUT2D eigenvalue weighted by molar-refractivity contribution is 9.10. The van der Waals surface area contributed by atoms with Crippen LogP contribution in [0.2, 0.25) is 0 Å². The molecule has 3 rings (SSSR count). The summed E-state index contributed by atoms with van der Waals surface area (Å²) in [5.41, 5.74) is 1.90. The second-order valence-electron chi connectivity index (χ2n) is 8.47. The SMILES string of the molecule is CCCCNC(=O)C(Cc1ccccc1)N(Cc1cccc(Br)c1)C(=O)COc1ccc(OC)cc1. The zero-order valence-electron chi connectivity index (χ0n) is 20.8. The van der Waals surface area contributed by atoms with E-state index >= 15 is 0 Å². The molecule has 3 aromatic carbocycles. The second-order valence-corrected chi connectivity index (χ2v) is 9.38. The summed E-state index contributed by atoms with van der Waals surface area (Å²) in [6, 6.07) is 23.9. The minimum absolute atomic E-state index is 0.167. The van der Waals surface area contributed by atoms with Gasteiger partial charge in [0.05, 0.1) is 7.11 Å². The summed E-state index contributed by atoms with van der Waals surface area (Å²) in [5, 5.41) is 3.03. The number of benzene rings is 3. The van der Waals surface area contributed by atoms with Gasteiger partial charge in [-0.2, -0.15) is 0 Å². The molecule has 190 valence electrons. The fraction of sp³-hybridized carbons (Fsp3) is 0.310. The lowest BCUT2D eigenvalue weighted by molar-refractivity contribution is -0.142. The zero-order valence-corrected chi connectivity index (χ0v) is 22.4. The third-order valence-electron chi connectivity index (χ3n) is 5.76. The van der Waals surface area contributed by atoms with Crippen molar-refractivity contribution in [2.75, 3.05) is 20.3 Å². The fourth-order valence-electron chi connectivity index (χ4n) is 3.79. The molecule has 0 saturated heterocycles. The van der Waals surface area contributed by atoms with Gasteiger partial charge in [0.25, 0.3) is 5.91 Å². The molecule has 0 saturated carbocycles. The van der Waals surface area contributed by atoms with Gasteiger partial charge in [0.15, 0.2) is 6.61 Å². The number of rotatable bonds is 13. The summed E-state index contributed by atoms with van der Waals surface area (Å²) in [7, 11) is 1.59. The average Bonchev–Trinajstić information content (AvgIpc) is 2.90. The predicted octanol–water partition coefficient (Wildman–Crippen LogP) is 5.39. The van der Waals surface area contributed by atoms with Crippen LogP contribution >= 0.6 is 15.9 Å². The van der Waals surface area contributed by atoms with Crippen LogP contribution in [-0.2, 0) is 22.6 Å². The highest BCUT2D eigenvalue weighted by Gasteiger charge is 2.30. The van der Waals surface area contributed by atoms with Gasteiger partial charge >= 0.3 is 0 Å². The van der Waals surface area contributed by atoms with E-state index in [-0.39, 0.29) is 25.0 Å². The van der Waals surface area contributed by atoms with E-state index < -0.39 is 6.04 Å². The Hall–Kier alpha value is -3.32. The summed E-state index contributed by atoms with van der Waals surface area (Å²) in [5.74, 6) is 0.827. The Morgan fingerprint density at radius 3 is 2.31 bits per heavy atom. The fourth-order valence-corrected chi connectivity index (χ4v) is 4.24. The molecule has 0 fully saturated rings. The van der Waals surface area contributed by atoms with Gasteiger partial charge in [-0.15, -0.1) is 0 Å². The maximum atomic E-state index is 13.6. The molecule has 36 heavy (non-hydrogen) atoms. The van der Waals surface area contributed by atoms with Crippen LogP contribution in [0.4, 0.5) is 0 Å². The Morgan fingerprint density at radius 2 is 1.64 bits per heavy atom. The van der Waals surface area contributed by atoms with Crippen molar-refractivity contribution in [3.05, 3.63) is 94.5 Å². The first-order chi connectivity index (χ1) is 17.5. The Morgan fingerprint density at radius 1 is 0.944 bits per heavy atom. The van der Waals surface area contributed by atoms with E-state index in [1.807, 2.05) is 54.6 Å². The van der Waals surface area contributed by atoms with Crippen LogP contribution in [0.5, 0.6) is 11.5 Å². The number of carbonyl (C=O) groups excluding carboxylic acids is 2. The molecule has 0 heterocycles. The molecule has 0 aromatic heterocycles. The van der Waals surface area contributed by atoms with Gasteiger partial charge in [0.1, 0.15) is 17.5 Å². The summed E-state index contributed by atoms with van der Waals surface area (Å²) < 4.78 is 11.9. The van der Waals surface area contributed by atoms with E-state index in [0.29, 0.717) is 24.5 Å². The van der Waals surface area contributed by atoms with Crippen molar-refractivity contribution < 1.29 is 19.1 Å². The number of amides is 2. The first-order valence-corrected chi connectivity index (χ1v) is 12.9. The summed E-state index contributed by atoms with van der Waals surface area (Å²) in [6.45, 7) is 2.74. The Kier molecular flexibility index (Phi) is 10.8. The lowest BCUT2D eigenvalue weighted by Crippen LogP contribution is -2.51. The quantitative estimate of drug-likeness (QED) is 0.288.